The molecule has 0 saturated carbocycles. The van der Waals surface area contributed by atoms with Gasteiger partial charge in [0.15, 0.2) is 0 Å². The number of allylic oxidation sites excluding steroid dienone is 1. The number of rotatable bonds is 7. The molecule has 0 unspecified atom stereocenters. The zero-order chi connectivity index (χ0) is 16.7. The molecule has 126 valence electrons. The molecule has 1 fully saturated rings. The molecular weight excluding hydrogens is 292 g/mol. The quantitative estimate of drug-likeness (QED) is 0.716. The van der Waals surface area contributed by atoms with E-state index in [1.807, 2.05) is 17.9 Å². The first kappa shape index (κ1) is 17.4. The second kappa shape index (κ2) is 8.62. The maximum Gasteiger partial charge on any atom is 0.219 e. The first-order valence-electron chi connectivity index (χ1n) is 8.13. The Bertz CT molecular complexity index is 527. The average molecular weight is 318 g/mol. The van der Waals surface area contributed by atoms with Gasteiger partial charge in [0.2, 0.25) is 11.8 Å². The van der Waals surface area contributed by atoms with E-state index >= 15 is 0 Å². The van der Waals surface area contributed by atoms with Crippen LogP contribution in [-0.2, 0) is 4.79 Å². The van der Waals surface area contributed by atoms with Crippen LogP contribution in [0.4, 0.5) is 0 Å². The highest BCUT2D eigenvalue weighted by molar-refractivity contribution is 5.73. The number of carbonyl (C=O) groups excluding carboxylic acids is 1. The Morgan fingerprint density at radius 1 is 1.43 bits per heavy atom. The molecule has 1 amide bonds. The predicted octanol–water partition coefficient (Wildman–Crippen LogP) is 1.66. The third-order valence-corrected chi connectivity index (χ3v) is 4.01. The fourth-order valence-electron chi connectivity index (χ4n) is 2.70. The van der Waals surface area contributed by atoms with Crippen LogP contribution in [0.2, 0.25) is 0 Å². The topological polar surface area (TPSA) is 58.6 Å². The van der Waals surface area contributed by atoms with Gasteiger partial charge in [-0.05, 0) is 19.8 Å². The Hall–Kier alpha value is -1.95. The van der Waals surface area contributed by atoms with Crippen LogP contribution in [0.5, 0.6) is 5.88 Å². The number of hydrogen-bond acceptors (Lipinski definition) is 5. The lowest BCUT2D eigenvalue weighted by Gasteiger charge is -2.35. The van der Waals surface area contributed by atoms with Gasteiger partial charge in [-0.25, -0.2) is 4.98 Å². The van der Waals surface area contributed by atoms with E-state index in [2.05, 4.69) is 21.4 Å². The maximum atomic E-state index is 11.4. The van der Waals surface area contributed by atoms with Gasteiger partial charge in [0.1, 0.15) is 11.9 Å². The Kier molecular flexibility index (Phi) is 6.52. The second-order valence-corrected chi connectivity index (χ2v) is 5.85. The molecule has 1 atom stereocenters. The summed E-state index contributed by atoms with van der Waals surface area (Å²) in [5.74, 6) is 1.48. The van der Waals surface area contributed by atoms with Gasteiger partial charge < -0.3 is 9.64 Å². The number of hydrogen-bond donors (Lipinski definition) is 0. The van der Waals surface area contributed by atoms with E-state index in [0.717, 1.165) is 45.6 Å². The lowest BCUT2D eigenvalue weighted by Crippen LogP contribution is -2.50. The van der Waals surface area contributed by atoms with Gasteiger partial charge in [0, 0.05) is 51.9 Å². The number of ether oxygens (including phenoxy) is 1. The minimum absolute atomic E-state index is 0.0613. The number of aryl methyl sites for hydroxylation is 1. The summed E-state index contributed by atoms with van der Waals surface area (Å²) in [5.41, 5.74) is 0. The third kappa shape index (κ3) is 5.63. The van der Waals surface area contributed by atoms with E-state index in [4.69, 9.17) is 4.74 Å². The van der Waals surface area contributed by atoms with Crippen molar-refractivity contribution in [2.45, 2.75) is 32.8 Å². The molecule has 1 aromatic rings. The zero-order valence-electron chi connectivity index (χ0n) is 14.1. The molecule has 0 spiro atoms. The van der Waals surface area contributed by atoms with Crippen LogP contribution in [0.1, 0.15) is 25.6 Å². The summed E-state index contributed by atoms with van der Waals surface area (Å²) < 4.78 is 6.05. The molecule has 6 nitrogen and oxygen atoms in total. The van der Waals surface area contributed by atoms with Gasteiger partial charge in [-0.2, -0.15) is 4.98 Å². The van der Waals surface area contributed by atoms with Crippen molar-refractivity contribution < 1.29 is 9.53 Å². The number of piperazine rings is 1. The Morgan fingerprint density at radius 2 is 2.17 bits per heavy atom. The second-order valence-electron chi connectivity index (χ2n) is 5.85. The van der Waals surface area contributed by atoms with Gasteiger partial charge in [0.25, 0.3) is 0 Å². The average Bonchev–Trinajstić information content (AvgIpc) is 2.53. The summed E-state index contributed by atoms with van der Waals surface area (Å²) in [6.07, 6.45) is 5.50. The summed E-state index contributed by atoms with van der Waals surface area (Å²) in [4.78, 5) is 24.1. The van der Waals surface area contributed by atoms with Crippen LogP contribution >= 0.6 is 0 Å². The molecule has 0 aromatic carbocycles. The monoisotopic (exact) mass is 318 g/mol. The zero-order valence-corrected chi connectivity index (χ0v) is 14.1. The normalized spacial score (nSPS) is 16.9. The van der Waals surface area contributed by atoms with Crippen LogP contribution in [0.3, 0.4) is 0 Å². The maximum absolute atomic E-state index is 11.4. The van der Waals surface area contributed by atoms with Gasteiger partial charge in [-0.15, -0.1) is 6.58 Å². The van der Waals surface area contributed by atoms with E-state index < -0.39 is 0 Å². The number of aromatic nitrogens is 2. The molecule has 1 aromatic heterocycles. The third-order valence-electron chi connectivity index (χ3n) is 4.01. The minimum Gasteiger partial charge on any atom is -0.473 e. The van der Waals surface area contributed by atoms with Crippen molar-refractivity contribution in [3.63, 3.8) is 0 Å². The smallest absolute Gasteiger partial charge is 0.219 e. The van der Waals surface area contributed by atoms with Gasteiger partial charge in [0.05, 0.1) is 0 Å². The van der Waals surface area contributed by atoms with E-state index in [9.17, 15) is 4.79 Å². The molecule has 23 heavy (non-hydrogen) atoms. The van der Waals surface area contributed by atoms with Crippen molar-refractivity contribution in [1.82, 2.24) is 19.8 Å². The van der Waals surface area contributed by atoms with Crippen molar-refractivity contribution >= 4 is 5.91 Å². The van der Waals surface area contributed by atoms with E-state index in [1.54, 1.807) is 19.2 Å². The molecule has 0 bridgehead atoms. The molecule has 6 heteroatoms. The molecule has 1 aliphatic rings. The van der Waals surface area contributed by atoms with E-state index in [1.165, 1.54) is 0 Å². The molecule has 2 rings (SSSR count). The minimum atomic E-state index is 0.0613. The van der Waals surface area contributed by atoms with Crippen molar-refractivity contribution in [3.8, 4) is 5.88 Å². The van der Waals surface area contributed by atoms with E-state index in [-0.39, 0.29) is 12.0 Å². The molecule has 1 saturated heterocycles. The van der Waals surface area contributed by atoms with Crippen LogP contribution < -0.4 is 4.74 Å². The molecule has 0 N–H and O–H groups in total. The number of amides is 1. The molecular formula is C17H26N4O2. The number of nitrogens with zero attached hydrogens (tertiary/aromatic N) is 4. The Labute approximate surface area is 138 Å². The largest absolute Gasteiger partial charge is 0.473 e. The van der Waals surface area contributed by atoms with Crippen LogP contribution in [0.25, 0.3) is 0 Å². The Morgan fingerprint density at radius 3 is 2.78 bits per heavy atom. The predicted molar refractivity (Wildman–Crippen MR) is 89.3 cm³/mol. The molecule has 0 aliphatic carbocycles. The summed E-state index contributed by atoms with van der Waals surface area (Å²) >= 11 is 0. The van der Waals surface area contributed by atoms with Gasteiger partial charge in [-0.3, -0.25) is 9.69 Å². The molecule has 0 radical (unpaired) electrons. The van der Waals surface area contributed by atoms with E-state index in [0.29, 0.717) is 11.7 Å². The fourth-order valence-corrected chi connectivity index (χ4v) is 2.70. The lowest BCUT2D eigenvalue weighted by atomic mass is 10.1. The van der Waals surface area contributed by atoms with Crippen molar-refractivity contribution in [3.05, 3.63) is 30.7 Å². The summed E-state index contributed by atoms with van der Waals surface area (Å²) in [7, 11) is 0. The summed E-state index contributed by atoms with van der Waals surface area (Å²) in [6, 6.07) is 1.79. The first-order valence-corrected chi connectivity index (χ1v) is 8.13. The van der Waals surface area contributed by atoms with Crippen molar-refractivity contribution in [2.24, 2.45) is 0 Å². The molecule has 1 aliphatic heterocycles. The number of carbonyl (C=O) groups is 1. The highest BCUT2D eigenvalue weighted by Crippen LogP contribution is 2.13. The highest BCUT2D eigenvalue weighted by atomic mass is 16.5. The SMILES string of the molecule is C=CCC[C@@H](CN1CCN(C(C)=O)CC1)Oc1ccnc(C)n1. The first-order chi connectivity index (χ1) is 11.1. The molecule has 2 heterocycles. The van der Waals surface area contributed by atoms with Crippen LogP contribution in [0.15, 0.2) is 24.9 Å². The summed E-state index contributed by atoms with van der Waals surface area (Å²) in [6.45, 7) is 11.5. The Balaban J connectivity index is 1.91. The van der Waals surface area contributed by atoms with Crippen molar-refractivity contribution in [1.29, 1.82) is 0 Å². The van der Waals surface area contributed by atoms with Crippen LogP contribution in [-0.4, -0.2) is 64.5 Å². The van der Waals surface area contributed by atoms with Gasteiger partial charge in [-0.1, -0.05) is 6.08 Å². The fraction of sp³-hybridized carbons (Fsp3) is 0.588. The van der Waals surface area contributed by atoms with Gasteiger partial charge >= 0.3 is 0 Å². The van der Waals surface area contributed by atoms with Crippen LogP contribution in [0, 0.1) is 6.92 Å². The highest BCUT2D eigenvalue weighted by Gasteiger charge is 2.22. The lowest BCUT2D eigenvalue weighted by molar-refractivity contribution is -0.130. The summed E-state index contributed by atoms with van der Waals surface area (Å²) in [5, 5.41) is 0. The van der Waals surface area contributed by atoms with Crippen molar-refractivity contribution in [2.75, 3.05) is 32.7 Å². The standard InChI is InChI=1S/C17H26N4O2/c1-4-5-6-16(23-17-7-8-18-14(2)19-17)13-20-9-11-21(12-10-20)15(3)22/h4,7-8,16H,1,5-6,9-13H2,2-3H3/t16-/m0/s1.